The number of alkyl halides is 3. The van der Waals surface area contributed by atoms with E-state index >= 15 is 0 Å². The van der Waals surface area contributed by atoms with Gasteiger partial charge in [0.05, 0.1) is 38.9 Å². The molecule has 3 aliphatic rings. The number of rotatable bonds is 7. The molecular weight excluding hydrogens is 618 g/mol. The summed E-state index contributed by atoms with van der Waals surface area (Å²) in [5.41, 5.74) is 6.71. The molecular formula is C29H29F4N7O2S2. The first kappa shape index (κ1) is 30.3. The van der Waals surface area contributed by atoms with E-state index in [9.17, 15) is 26.6 Å². The van der Waals surface area contributed by atoms with Gasteiger partial charge in [-0.1, -0.05) is 5.57 Å². The molecule has 0 radical (unpaired) electrons. The summed E-state index contributed by atoms with van der Waals surface area (Å²) in [6.07, 6.45) is 4.76. The molecule has 3 atom stereocenters. The number of aromatic nitrogens is 4. The second-order valence-corrected chi connectivity index (χ2v) is 14.4. The van der Waals surface area contributed by atoms with Gasteiger partial charge >= 0.3 is 6.18 Å². The second kappa shape index (κ2) is 11.0. The summed E-state index contributed by atoms with van der Waals surface area (Å²) in [5.74, 6) is 2.89. The van der Waals surface area contributed by atoms with Crippen molar-refractivity contribution < 1.29 is 26.6 Å². The van der Waals surface area contributed by atoms with E-state index in [4.69, 9.17) is 5.73 Å². The molecule has 2 saturated carbocycles. The third-order valence-electron chi connectivity index (χ3n) is 8.28. The molecule has 0 amide bonds. The summed E-state index contributed by atoms with van der Waals surface area (Å²) in [5, 5.41) is 4.44. The third-order valence-corrected chi connectivity index (χ3v) is 11.5. The first-order valence-electron chi connectivity index (χ1n) is 13.9. The summed E-state index contributed by atoms with van der Waals surface area (Å²) in [6, 6.07) is 3.87. The molecule has 232 valence electrons. The number of allylic oxidation sites excluding steroid dienone is 3. The lowest BCUT2D eigenvalue weighted by atomic mass is 9.60. The van der Waals surface area contributed by atoms with Crippen LogP contribution >= 0.6 is 11.3 Å². The van der Waals surface area contributed by atoms with Crippen LogP contribution in [0.2, 0.25) is 0 Å². The van der Waals surface area contributed by atoms with E-state index in [-0.39, 0.29) is 23.9 Å². The lowest BCUT2D eigenvalue weighted by Gasteiger charge is -2.47. The molecule has 3 heterocycles. The largest absolute Gasteiger partial charge is 0.427 e. The fourth-order valence-corrected chi connectivity index (χ4v) is 9.04. The van der Waals surface area contributed by atoms with Crippen molar-refractivity contribution in [2.75, 3.05) is 0 Å². The lowest BCUT2D eigenvalue weighted by molar-refractivity contribution is -0.134. The van der Waals surface area contributed by atoms with Crippen LogP contribution < -0.4 is 5.73 Å². The highest BCUT2D eigenvalue weighted by Gasteiger charge is 2.54. The van der Waals surface area contributed by atoms with Crippen molar-refractivity contribution in [1.29, 1.82) is 0 Å². The monoisotopic (exact) mass is 647 g/mol. The van der Waals surface area contributed by atoms with Crippen molar-refractivity contribution in [1.82, 2.24) is 24.1 Å². The molecule has 0 aromatic carbocycles. The zero-order valence-corrected chi connectivity index (χ0v) is 25.3. The van der Waals surface area contributed by atoms with E-state index < -0.39 is 43.9 Å². The number of fused-ring (bicyclic) bond motifs is 1. The van der Waals surface area contributed by atoms with Crippen LogP contribution in [-0.4, -0.2) is 57.7 Å². The summed E-state index contributed by atoms with van der Waals surface area (Å²) < 4.78 is 71.7. The first-order valence-corrected chi connectivity index (χ1v) is 16.4. The Labute approximate surface area is 255 Å². The molecule has 15 heteroatoms. The molecule has 3 aromatic rings. The SMILES string of the molecule is C=S(=O)(c1ccn(C)n1)N(C1CC1)[C@H]1CCC2=CC(=Nc3ccc(F)nc3)C(=CN)C[C@]2(C(=O)c2ncc(C(F)(F)F)s2)C1. The van der Waals surface area contributed by atoms with Crippen molar-refractivity contribution in [3.63, 3.8) is 0 Å². The van der Waals surface area contributed by atoms with Crippen molar-refractivity contribution in [3.05, 3.63) is 76.0 Å². The van der Waals surface area contributed by atoms with Crippen LogP contribution in [0.1, 0.15) is 53.2 Å². The topological polar surface area (TPSA) is 119 Å². The summed E-state index contributed by atoms with van der Waals surface area (Å²) in [6.45, 7) is 0. The Morgan fingerprint density at radius 3 is 2.59 bits per heavy atom. The van der Waals surface area contributed by atoms with E-state index in [1.807, 2.05) is 4.31 Å². The van der Waals surface area contributed by atoms with Crippen LogP contribution in [-0.2, 0) is 22.9 Å². The van der Waals surface area contributed by atoms with Gasteiger partial charge in [0.1, 0.15) is 4.88 Å². The Morgan fingerprint density at radius 1 is 1.23 bits per heavy atom. The second-order valence-electron chi connectivity index (χ2n) is 11.3. The Hall–Kier alpha value is -3.69. The number of nitrogens with two attached hydrogens (primary N) is 1. The standard InChI is InChI=1S/C29H29F4N7O2S2/c1-39-10-9-25(38-39)44(2,42)40(20-6-7-20)21-5-3-18-11-22(37-19-4-8-24(30)35-15-19)17(14-34)12-28(18,13-21)26(41)27-36-16-23(43-27)29(31,32)33/h4,8-11,14-16,20-21H,2-3,5-7,12-13,34H2,1H3/t21-,28-,44?/m0/s1. The average molecular weight is 648 g/mol. The minimum atomic E-state index is -4.65. The average Bonchev–Trinajstić information content (AvgIpc) is 3.46. The molecule has 9 nitrogen and oxygen atoms in total. The molecule has 0 spiro atoms. The Kier molecular flexibility index (Phi) is 7.61. The zero-order chi connectivity index (χ0) is 31.4. The molecule has 0 saturated heterocycles. The summed E-state index contributed by atoms with van der Waals surface area (Å²) in [7, 11) is -1.33. The highest BCUT2D eigenvalue weighted by atomic mass is 32.2. The normalized spacial score (nSPS) is 25.6. The molecule has 3 aliphatic carbocycles. The molecule has 2 N–H and O–H groups in total. The van der Waals surface area contributed by atoms with Crippen LogP contribution in [0.4, 0.5) is 23.2 Å². The Morgan fingerprint density at radius 2 is 2.00 bits per heavy atom. The van der Waals surface area contributed by atoms with Crippen LogP contribution in [0.25, 0.3) is 0 Å². The number of aliphatic imine (C=N–C) groups is 1. The lowest BCUT2D eigenvalue weighted by Crippen LogP contribution is -2.51. The zero-order valence-electron chi connectivity index (χ0n) is 23.6. The van der Waals surface area contributed by atoms with E-state index in [0.717, 1.165) is 12.8 Å². The van der Waals surface area contributed by atoms with Gasteiger partial charge in [-0.15, -0.1) is 11.3 Å². The Balaban J connectivity index is 1.45. The van der Waals surface area contributed by atoms with E-state index in [2.05, 4.69) is 25.9 Å². The van der Waals surface area contributed by atoms with E-state index in [0.29, 0.717) is 57.9 Å². The van der Waals surface area contributed by atoms with Gasteiger partial charge < -0.3 is 5.73 Å². The van der Waals surface area contributed by atoms with Gasteiger partial charge in [-0.3, -0.25) is 9.48 Å². The van der Waals surface area contributed by atoms with Crippen molar-refractivity contribution in [3.8, 4) is 0 Å². The third kappa shape index (κ3) is 5.52. The summed E-state index contributed by atoms with van der Waals surface area (Å²) in [4.78, 5) is 25.6. The van der Waals surface area contributed by atoms with Gasteiger partial charge in [-0.05, 0) is 80.4 Å². The highest BCUT2D eigenvalue weighted by molar-refractivity contribution is 7.98. The number of halogens is 4. The minimum Gasteiger partial charge on any atom is -0.404 e. The van der Waals surface area contributed by atoms with Crippen molar-refractivity contribution in [2.24, 2.45) is 23.2 Å². The van der Waals surface area contributed by atoms with Gasteiger partial charge in [0.2, 0.25) is 11.7 Å². The molecule has 0 bridgehead atoms. The van der Waals surface area contributed by atoms with Gasteiger partial charge in [0, 0.05) is 25.3 Å². The maximum absolute atomic E-state index is 14.4. The van der Waals surface area contributed by atoms with Crippen LogP contribution in [0, 0.1) is 11.4 Å². The maximum atomic E-state index is 14.4. The van der Waals surface area contributed by atoms with Gasteiger partial charge in [0.15, 0.2) is 10.0 Å². The number of hydrogen-bond acceptors (Lipinski definition) is 8. The number of aryl methyl sites for hydroxylation is 1. The fourth-order valence-electron chi connectivity index (χ4n) is 6.12. The molecule has 2 fully saturated rings. The van der Waals surface area contributed by atoms with Crippen LogP contribution in [0.5, 0.6) is 0 Å². The highest BCUT2D eigenvalue weighted by Crippen LogP contribution is 2.53. The number of carbonyl (C=O) groups is 1. The predicted molar refractivity (Wildman–Crippen MR) is 159 cm³/mol. The number of nitrogens with zero attached hydrogens (tertiary/aromatic N) is 6. The van der Waals surface area contributed by atoms with Crippen molar-refractivity contribution in [2.45, 2.75) is 61.8 Å². The number of carbonyl (C=O) groups excluding carboxylic acids is 1. The van der Waals surface area contributed by atoms with Gasteiger partial charge in [-0.25, -0.2) is 23.5 Å². The fraction of sp³-hybridized carbons (Fsp3) is 0.379. The number of thiazole rings is 1. The van der Waals surface area contributed by atoms with Crippen LogP contribution in [0.3, 0.4) is 0 Å². The molecule has 0 aliphatic heterocycles. The number of hydrogen-bond donors (Lipinski definition) is 1. The number of Topliss-reactive ketones (excluding diaryl/α,β-unsaturated/α-hetero) is 1. The predicted octanol–water partition coefficient (Wildman–Crippen LogP) is 5.25. The quantitative estimate of drug-likeness (QED) is 0.162. The number of ketones is 1. The van der Waals surface area contributed by atoms with E-state index in [1.54, 1.807) is 30.1 Å². The molecule has 1 unspecified atom stereocenters. The van der Waals surface area contributed by atoms with Gasteiger partial charge in [0.25, 0.3) is 0 Å². The first-order chi connectivity index (χ1) is 20.8. The van der Waals surface area contributed by atoms with Crippen LogP contribution in [0.15, 0.2) is 70.2 Å². The maximum Gasteiger partial charge on any atom is 0.427 e. The summed E-state index contributed by atoms with van der Waals surface area (Å²) >= 11 is 0.306. The molecule has 3 aromatic heterocycles. The van der Waals surface area contributed by atoms with Crippen molar-refractivity contribution >= 4 is 44.1 Å². The number of pyridine rings is 1. The smallest absolute Gasteiger partial charge is 0.404 e. The minimum absolute atomic E-state index is 0.0300. The van der Waals surface area contributed by atoms with E-state index in [1.165, 1.54) is 24.5 Å². The molecule has 44 heavy (non-hydrogen) atoms. The van der Waals surface area contributed by atoms with Gasteiger partial charge in [-0.2, -0.15) is 22.7 Å². The molecule has 6 rings (SSSR count). The Bertz CT molecular complexity index is 1800.